The summed E-state index contributed by atoms with van der Waals surface area (Å²) in [6.07, 6.45) is 2.76. The third-order valence-electron chi connectivity index (χ3n) is 5.58. The molecule has 3 aromatic rings. The Bertz CT molecular complexity index is 1230. The van der Waals surface area contributed by atoms with E-state index >= 15 is 0 Å². The maximum Gasteiger partial charge on any atom is 0.160 e. The summed E-state index contributed by atoms with van der Waals surface area (Å²) in [5.41, 5.74) is 6.45. The number of hydrogen-bond donors (Lipinski definition) is 2. The molecule has 0 radical (unpaired) electrons. The van der Waals surface area contributed by atoms with E-state index in [9.17, 15) is 8.78 Å². The first kappa shape index (κ1) is 20.9. The van der Waals surface area contributed by atoms with E-state index in [0.717, 1.165) is 0 Å². The third-order valence-corrected chi connectivity index (χ3v) is 6.69. The van der Waals surface area contributed by atoms with Crippen LogP contribution >= 0.6 is 11.8 Å². The van der Waals surface area contributed by atoms with Crippen molar-refractivity contribution in [1.29, 1.82) is 5.26 Å². The smallest absolute Gasteiger partial charge is 0.160 e. The highest BCUT2D eigenvalue weighted by atomic mass is 32.2. The maximum absolute atomic E-state index is 14.9. The molecule has 0 aliphatic carbocycles. The number of aliphatic imine (C=N–C) groups is 1. The van der Waals surface area contributed by atoms with Crippen molar-refractivity contribution in [1.82, 2.24) is 15.0 Å². The van der Waals surface area contributed by atoms with Crippen molar-refractivity contribution in [3.8, 4) is 6.07 Å². The second-order valence-corrected chi connectivity index (χ2v) is 8.76. The molecule has 7 nitrogen and oxygen atoms in total. The minimum Gasteiger partial charge on any atom is -0.379 e. The van der Waals surface area contributed by atoms with Crippen molar-refractivity contribution in [3.63, 3.8) is 0 Å². The fraction of sp³-hybridized carbons (Fsp3) is 0.286. The average Bonchev–Trinajstić information content (AvgIpc) is 2.77. The molecule has 1 aliphatic heterocycles. The standard InChI is InChI=1S/C21H19F2N7S/c1-11-12(2)31-20(25)30-21(11,9-22)15-6-14(3-4-16(15)23)29-19-18-17(27-10-28-19)5-13(7-24)8-26-18/h3-6,8,10-12H,9H2,1-2H3,(H2,25,30)(H,27,28,29)/t11-,12+,21+/m1/s1. The van der Waals surface area contributed by atoms with Gasteiger partial charge in [0.15, 0.2) is 11.0 Å². The van der Waals surface area contributed by atoms with Gasteiger partial charge in [0.1, 0.15) is 35.9 Å². The molecule has 1 aliphatic rings. The largest absolute Gasteiger partial charge is 0.379 e. The van der Waals surface area contributed by atoms with Crippen LogP contribution in [-0.4, -0.2) is 32.0 Å². The van der Waals surface area contributed by atoms with E-state index in [1.54, 1.807) is 6.07 Å². The maximum atomic E-state index is 14.9. The van der Waals surface area contributed by atoms with Crippen LogP contribution in [0, 0.1) is 23.1 Å². The van der Waals surface area contributed by atoms with Crippen LogP contribution in [0.4, 0.5) is 20.3 Å². The molecule has 31 heavy (non-hydrogen) atoms. The number of amidine groups is 1. The van der Waals surface area contributed by atoms with Crippen molar-refractivity contribution < 1.29 is 8.78 Å². The van der Waals surface area contributed by atoms with Crippen LogP contribution in [0.1, 0.15) is 25.0 Å². The second-order valence-electron chi connectivity index (χ2n) is 7.37. The second kappa shape index (κ2) is 8.07. The summed E-state index contributed by atoms with van der Waals surface area (Å²) in [5.74, 6) is -0.467. The van der Waals surface area contributed by atoms with Crippen molar-refractivity contribution in [2.75, 3.05) is 12.0 Å². The monoisotopic (exact) mass is 439 g/mol. The lowest BCUT2D eigenvalue weighted by atomic mass is 9.78. The van der Waals surface area contributed by atoms with Crippen molar-refractivity contribution in [2.45, 2.75) is 24.6 Å². The average molecular weight is 439 g/mol. The minimum absolute atomic E-state index is 0.0337. The van der Waals surface area contributed by atoms with Crippen LogP contribution in [0.3, 0.4) is 0 Å². The number of nitriles is 1. The quantitative estimate of drug-likeness (QED) is 0.631. The van der Waals surface area contributed by atoms with E-state index in [0.29, 0.717) is 28.1 Å². The summed E-state index contributed by atoms with van der Waals surface area (Å²) < 4.78 is 29.3. The molecule has 4 rings (SSSR count). The van der Waals surface area contributed by atoms with Gasteiger partial charge >= 0.3 is 0 Å². The third kappa shape index (κ3) is 3.65. The molecular weight excluding hydrogens is 420 g/mol. The summed E-state index contributed by atoms with van der Waals surface area (Å²) in [7, 11) is 0. The molecule has 158 valence electrons. The number of pyridine rings is 1. The SMILES string of the molecule is C[C@@H]1SC(N)=N[C@](CF)(c2cc(Nc3ncnc4cc(C#N)cnc34)ccc2F)[C@@H]1C. The predicted molar refractivity (Wildman–Crippen MR) is 117 cm³/mol. The number of hydrogen-bond acceptors (Lipinski definition) is 8. The molecule has 0 amide bonds. The Hall–Kier alpha value is -3.32. The van der Waals surface area contributed by atoms with Gasteiger partial charge in [-0.25, -0.2) is 28.7 Å². The number of benzene rings is 1. The van der Waals surface area contributed by atoms with Gasteiger partial charge in [0.05, 0.1) is 11.1 Å². The first-order valence-corrected chi connectivity index (χ1v) is 10.4. The molecular formula is C21H19F2N7S. The van der Waals surface area contributed by atoms with Crippen LogP contribution < -0.4 is 11.1 Å². The first-order chi connectivity index (χ1) is 14.9. The van der Waals surface area contributed by atoms with Crippen LogP contribution in [-0.2, 0) is 5.54 Å². The van der Waals surface area contributed by atoms with Gasteiger partial charge in [0.25, 0.3) is 0 Å². The molecule has 0 unspecified atom stereocenters. The van der Waals surface area contributed by atoms with E-state index in [1.807, 2.05) is 19.9 Å². The predicted octanol–water partition coefficient (Wildman–Crippen LogP) is 4.03. The number of alkyl halides is 1. The van der Waals surface area contributed by atoms with Crippen molar-refractivity contribution >= 4 is 39.5 Å². The number of fused-ring (bicyclic) bond motifs is 1. The topological polar surface area (TPSA) is 113 Å². The Morgan fingerprint density at radius 1 is 1.26 bits per heavy atom. The summed E-state index contributed by atoms with van der Waals surface area (Å²) in [4.78, 5) is 17.0. The number of anilines is 2. The molecule has 0 saturated heterocycles. The molecule has 0 spiro atoms. The zero-order valence-electron chi connectivity index (χ0n) is 16.8. The molecule has 3 atom stereocenters. The molecule has 1 aromatic carbocycles. The zero-order chi connectivity index (χ0) is 22.2. The Balaban J connectivity index is 1.78. The number of thioether (sulfide) groups is 1. The molecule has 0 saturated carbocycles. The van der Waals surface area contributed by atoms with E-state index in [1.165, 1.54) is 42.5 Å². The molecule has 3 heterocycles. The van der Waals surface area contributed by atoms with Gasteiger partial charge in [0, 0.05) is 28.6 Å². The number of halogens is 2. The molecule has 3 N–H and O–H groups in total. The van der Waals surface area contributed by atoms with Crippen LogP contribution in [0.2, 0.25) is 0 Å². The Labute approximate surface area is 181 Å². The van der Waals surface area contributed by atoms with Gasteiger partial charge in [-0.2, -0.15) is 5.26 Å². The Morgan fingerprint density at radius 3 is 2.81 bits per heavy atom. The van der Waals surface area contributed by atoms with Gasteiger partial charge < -0.3 is 11.1 Å². The lowest BCUT2D eigenvalue weighted by Crippen LogP contribution is -2.44. The van der Waals surface area contributed by atoms with Gasteiger partial charge in [-0.15, -0.1) is 0 Å². The molecule has 10 heteroatoms. The van der Waals surface area contributed by atoms with Gasteiger partial charge in [-0.3, -0.25) is 0 Å². The normalized spacial score (nSPS) is 23.3. The Morgan fingerprint density at radius 2 is 2.06 bits per heavy atom. The number of aromatic nitrogens is 3. The highest BCUT2D eigenvalue weighted by Crippen LogP contribution is 2.45. The number of nitrogens with zero attached hydrogens (tertiary/aromatic N) is 5. The van der Waals surface area contributed by atoms with Crippen molar-refractivity contribution in [2.24, 2.45) is 16.6 Å². The van der Waals surface area contributed by atoms with E-state index in [4.69, 9.17) is 11.0 Å². The van der Waals surface area contributed by atoms with Gasteiger partial charge in [-0.1, -0.05) is 25.6 Å². The van der Waals surface area contributed by atoms with Gasteiger partial charge in [0.2, 0.25) is 0 Å². The first-order valence-electron chi connectivity index (χ1n) is 9.54. The van der Waals surface area contributed by atoms with Crippen LogP contribution in [0.5, 0.6) is 0 Å². The van der Waals surface area contributed by atoms with Crippen molar-refractivity contribution in [3.05, 3.63) is 53.7 Å². The summed E-state index contributed by atoms with van der Waals surface area (Å²) in [6, 6.07) is 7.94. The lowest BCUT2D eigenvalue weighted by Gasteiger charge is -2.40. The van der Waals surface area contributed by atoms with E-state index < -0.39 is 18.0 Å². The fourth-order valence-electron chi connectivity index (χ4n) is 3.70. The van der Waals surface area contributed by atoms with Crippen LogP contribution in [0.15, 0.2) is 41.8 Å². The van der Waals surface area contributed by atoms with E-state index in [-0.39, 0.29) is 21.9 Å². The van der Waals surface area contributed by atoms with E-state index in [2.05, 4.69) is 25.3 Å². The number of nitrogens with two attached hydrogens (primary N) is 1. The number of nitrogens with one attached hydrogen (secondary N) is 1. The lowest BCUT2D eigenvalue weighted by molar-refractivity contribution is 0.217. The summed E-state index contributed by atoms with van der Waals surface area (Å²) >= 11 is 1.35. The minimum atomic E-state index is -1.41. The summed E-state index contributed by atoms with van der Waals surface area (Å²) in [5, 5.41) is 12.4. The van der Waals surface area contributed by atoms with Crippen LogP contribution in [0.25, 0.3) is 11.0 Å². The highest BCUT2D eigenvalue weighted by molar-refractivity contribution is 8.14. The summed E-state index contributed by atoms with van der Waals surface area (Å²) in [6.45, 7) is 2.89. The number of rotatable bonds is 4. The molecule has 0 bridgehead atoms. The van der Waals surface area contributed by atoms with Gasteiger partial charge in [-0.05, 0) is 24.3 Å². The fourth-order valence-corrected chi connectivity index (χ4v) is 4.73. The molecule has 2 aromatic heterocycles. The Kier molecular flexibility index (Phi) is 5.45. The zero-order valence-corrected chi connectivity index (χ0v) is 17.6. The highest BCUT2D eigenvalue weighted by Gasteiger charge is 2.46. The molecule has 0 fully saturated rings.